The van der Waals surface area contributed by atoms with Crippen molar-refractivity contribution in [3.8, 4) is 6.07 Å². The third kappa shape index (κ3) is 3.05. The van der Waals surface area contributed by atoms with Gasteiger partial charge in [0.05, 0.1) is 23.1 Å². The predicted molar refractivity (Wildman–Crippen MR) is 74.1 cm³/mol. The molecule has 5 heteroatoms. The third-order valence-electron chi connectivity index (χ3n) is 2.09. The average molecular weight is 353 g/mol. The van der Waals surface area contributed by atoms with E-state index in [1.165, 1.54) is 0 Å². The van der Waals surface area contributed by atoms with Crippen LogP contribution in [-0.2, 0) is 0 Å². The van der Waals surface area contributed by atoms with Crippen molar-refractivity contribution >= 4 is 43.2 Å². The fraction of sp³-hybridized carbons (Fsp3) is 0. The van der Waals surface area contributed by atoms with Crippen LogP contribution < -0.4 is 5.32 Å². The van der Waals surface area contributed by atoms with Gasteiger partial charge in [-0.05, 0) is 40.2 Å². The van der Waals surface area contributed by atoms with E-state index in [9.17, 15) is 0 Å². The molecule has 0 aliphatic heterocycles. The summed E-state index contributed by atoms with van der Waals surface area (Å²) in [6.07, 6.45) is 3.41. The van der Waals surface area contributed by atoms with Crippen LogP contribution in [0.3, 0.4) is 0 Å². The molecule has 0 aliphatic rings. The zero-order valence-electron chi connectivity index (χ0n) is 8.61. The Bertz CT molecular complexity index is 591. The molecule has 2 rings (SSSR count). The van der Waals surface area contributed by atoms with Crippen LogP contribution in [0.4, 0.5) is 11.4 Å². The van der Waals surface area contributed by atoms with Gasteiger partial charge in [-0.1, -0.05) is 15.9 Å². The van der Waals surface area contributed by atoms with Crippen LogP contribution in [0.15, 0.2) is 45.6 Å². The number of halogens is 2. The van der Waals surface area contributed by atoms with Gasteiger partial charge >= 0.3 is 0 Å². The van der Waals surface area contributed by atoms with Gasteiger partial charge in [-0.2, -0.15) is 5.26 Å². The Morgan fingerprint density at radius 2 is 1.94 bits per heavy atom. The Kier molecular flexibility index (Phi) is 3.77. The van der Waals surface area contributed by atoms with Crippen molar-refractivity contribution in [2.24, 2.45) is 0 Å². The molecular formula is C12H7Br2N3. The number of benzene rings is 1. The zero-order chi connectivity index (χ0) is 12.3. The number of anilines is 2. The first-order valence-corrected chi connectivity index (χ1v) is 6.35. The molecular weight excluding hydrogens is 346 g/mol. The van der Waals surface area contributed by atoms with Crippen molar-refractivity contribution in [3.05, 3.63) is 51.2 Å². The highest BCUT2D eigenvalue weighted by atomic mass is 79.9. The maximum absolute atomic E-state index is 9.01. The molecule has 3 nitrogen and oxygen atoms in total. The van der Waals surface area contributed by atoms with Gasteiger partial charge in [-0.3, -0.25) is 4.98 Å². The number of nitriles is 1. The molecule has 17 heavy (non-hydrogen) atoms. The molecule has 1 aromatic carbocycles. The maximum Gasteiger partial charge on any atom is 0.101 e. The molecule has 0 spiro atoms. The minimum Gasteiger partial charge on any atom is -0.353 e. The standard InChI is InChI=1S/C12H7Br2N3/c13-9-2-1-8(5-15)12(4-9)17-11-3-10(14)6-16-7-11/h1-4,6-7,17H. The Labute approximate surface area is 116 Å². The Balaban J connectivity index is 2.36. The number of hydrogen-bond donors (Lipinski definition) is 1. The third-order valence-corrected chi connectivity index (χ3v) is 3.01. The highest BCUT2D eigenvalue weighted by molar-refractivity contribution is 9.10. The fourth-order valence-corrected chi connectivity index (χ4v) is 2.08. The fourth-order valence-electron chi connectivity index (χ4n) is 1.35. The Morgan fingerprint density at radius 3 is 2.65 bits per heavy atom. The number of rotatable bonds is 2. The molecule has 0 saturated carbocycles. The van der Waals surface area contributed by atoms with Gasteiger partial charge in [-0.15, -0.1) is 0 Å². The van der Waals surface area contributed by atoms with Crippen LogP contribution in [0.25, 0.3) is 0 Å². The normalized spacial score (nSPS) is 9.71. The molecule has 84 valence electrons. The summed E-state index contributed by atoms with van der Waals surface area (Å²) in [5, 5.41) is 12.2. The van der Waals surface area contributed by atoms with Gasteiger partial charge in [0, 0.05) is 15.1 Å². The van der Waals surface area contributed by atoms with Crippen molar-refractivity contribution in [2.45, 2.75) is 0 Å². The van der Waals surface area contributed by atoms with E-state index in [1.54, 1.807) is 18.5 Å². The first kappa shape index (κ1) is 12.1. The van der Waals surface area contributed by atoms with Gasteiger partial charge in [0.1, 0.15) is 6.07 Å². The van der Waals surface area contributed by atoms with Crippen LogP contribution in [0.2, 0.25) is 0 Å². The predicted octanol–water partition coefficient (Wildman–Crippen LogP) is 4.22. The van der Waals surface area contributed by atoms with Crippen molar-refractivity contribution in [1.82, 2.24) is 4.98 Å². The minimum atomic E-state index is 0.591. The van der Waals surface area contributed by atoms with Gasteiger partial charge in [0.15, 0.2) is 0 Å². The van der Waals surface area contributed by atoms with Crippen LogP contribution in [-0.4, -0.2) is 4.98 Å². The molecule has 2 aromatic rings. The number of aromatic nitrogens is 1. The summed E-state index contributed by atoms with van der Waals surface area (Å²) < 4.78 is 1.80. The molecule has 1 N–H and O–H groups in total. The first-order valence-electron chi connectivity index (χ1n) is 4.76. The highest BCUT2D eigenvalue weighted by Gasteiger charge is 2.03. The molecule has 0 fully saturated rings. The lowest BCUT2D eigenvalue weighted by Gasteiger charge is -2.08. The SMILES string of the molecule is N#Cc1ccc(Br)cc1Nc1cncc(Br)c1. The number of hydrogen-bond acceptors (Lipinski definition) is 3. The monoisotopic (exact) mass is 351 g/mol. The molecule has 0 atom stereocenters. The summed E-state index contributed by atoms with van der Waals surface area (Å²) in [7, 11) is 0. The Hall–Kier alpha value is -1.38. The molecule has 0 saturated heterocycles. The molecule has 0 bridgehead atoms. The second-order valence-corrected chi connectivity index (χ2v) is 5.15. The second kappa shape index (κ2) is 5.30. The van der Waals surface area contributed by atoms with Crippen LogP contribution in [0, 0.1) is 11.3 Å². The van der Waals surface area contributed by atoms with Gasteiger partial charge in [0.2, 0.25) is 0 Å². The largest absolute Gasteiger partial charge is 0.353 e. The topological polar surface area (TPSA) is 48.7 Å². The van der Waals surface area contributed by atoms with Crippen molar-refractivity contribution in [2.75, 3.05) is 5.32 Å². The second-order valence-electron chi connectivity index (χ2n) is 3.32. The summed E-state index contributed by atoms with van der Waals surface area (Å²) in [6.45, 7) is 0. The quantitative estimate of drug-likeness (QED) is 0.880. The zero-order valence-corrected chi connectivity index (χ0v) is 11.8. The number of nitrogens with one attached hydrogen (secondary N) is 1. The van der Waals surface area contributed by atoms with E-state index in [4.69, 9.17) is 5.26 Å². The highest BCUT2D eigenvalue weighted by Crippen LogP contribution is 2.25. The smallest absolute Gasteiger partial charge is 0.101 e. The summed E-state index contributed by atoms with van der Waals surface area (Å²) in [5.74, 6) is 0. The lowest BCUT2D eigenvalue weighted by molar-refractivity contribution is 1.30. The van der Waals surface area contributed by atoms with E-state index in [0.29, 0.717) is 5.56 Å². The molecule has 0 radical (unpaired) electrons. The molecule has 0 amide bonds. The lowest BCUT2D eigenvalue weighted by atomic mass is 10.2. The van der Waals surface area contributed by atoms with E-state index < -0.39 is 0 Å². The van der Waals surface area contributed by atoms with Crippen LogP contribution in [0.5, 0.6) is 0 Å². The van der Waals surface area contributed by atoms with Crippen LogP contribution in [0.1, 0.15) is 5.56 Å². The van der Waals surface area contributed by atoms with E-state index in [-0.39, 0.29) is 0 Å². The molecule has 0 aliphatic carbocycles. The summed E-state index contributed by atoms with van der Waals surface area (Å²) >= 11 is 6.73. The molecule has 1 aromatic heterocycles. The first-order chi connectivity index (χ1) is 8.19. The molecule has 0 unspecified atom stereocenters. The number of pyridine rings is 1. The van der Waals surface area contributed by atoms with Crippen molar-refractivity contribution in [3.63, 3.8) is 0 Å². The maximum atomic E-state index is 9.01. The summed E-state index contributed by atoms with van der Waals surface area (Å²) in [4.78, 5) is 4.05. The Morgan fingerprint density at radius 1 is 1.12 bits per heavy atom. The molecule has 1 heterocycles. The van der Waals surface area contributed by atoms with E-state index in [2.05, 4.69) is 48.2 Å². The summed E-state index contributed by atoms with van der Waals surface area (Å²) in [5.41, 5.74) is 2.17. The average Bonchev–Trinajstić information content (AvgIpc) is 2.29. The van der Waals surface area contributed by atoms with Gasteiger partial charge in [0.25, 0.3) is 0 Å². The van der Waals surface area contributed by atoms with E-state index >= 15 is 0 Å². The lowest BCUT2D eigenvalue weighted by Crippen LogP contribution is -1.94. The van der Waals surface area contributed by atoms with Gasteiger partial charge < -0.3 is 5.32 Å². The minimum absolute atomic E-state index is 0.591. The number of nitrogens with zero attached hydrogens (tertiary/aromatic N) is 2. The van der Waals surface area contributed by atoms with Crippen molar-refractivity contribution < 1.29 is 0 Å². The van der Waals surface area contributed by atoms with Gasteiger partial charge in [-0.25, -0.2) is 0 Å². The summed E-state index contributed by atoms with van der Waals surface area (Å²) in [6, 6.07) is 9.50. The van der Waals surface area contributed by atoms with E-state index in [0.717, 1.165) is 20.3 Å². The van der Waals surface area contributed by atoms with E-state index in [1.807, 2.05) is 18.2 Å². The van der Waals surface area contributed by atoms with Crippen LogP contribution >= 0.6 is 31.9 Å². The van der Waals surface area contributed by atoms with Crippen molar-refractivity contribution in [1.29, 1.82) is 5.26 Å².